The molecule has 0 radical (unpaired) electrons. The van der Waals surface area contributed by atoms with Gasteiger partial charge in [0.25, 0.3) is 0 Å². The maximum atomic E-state index is 12.8. The third-order valence-electron chi connectivity index (χ3n) is 2.71. The molecule has 0 heterocycles. The molecule has 0 bridgehead atoms. The lowest BCUT2D eigenvalue weighted by Gasteiger charge is -2.21. The number of carbonyl (C=O) groups is 1. The number of aliphatic imine (C=N–C) groups is 1. The first-order chi connectivity index (χ1) is 10.4. The molecule has 0 aromatic heterocycles. The maximum Gasteiger partial charge on any atom is 0.416 e. The van der Waals surface area contributed by atoms with Crippen molar-refractivity contribution in [2.45, 2.75) is 45.5 Å². The SMILES string of the molecule is CC(N=C=O)c1ccc(C(F)(F)F)cc1NC(=O)OC(C)(C)C. The van der Waals surface area contributed by atoms with Gasteiger partial charge in [-0.15, -0.1) is 0 Å². The Kier molecular flexibility index (Phi) is 5.56. The molecular weight excluding hydrogens is 313 g/mol. The van der Waals surface area contributed by atoms with Crippen molar-refractivity contribution in [1.82, 2.24) is 0 Å². The summed E-state index contributed by atoms with van der Waals surface area (Å²) in [6.45, 7) is 6.37. The van der Waals surface area contributed by atoms with Crippen LogP contribution < -0.4 is 5.32 Å². The van der Waals surface area contributed by atoms with Crippen LogP contribution in [0.5, 0.6) is 0 Å². The van der Waals surface area contributed by atoms with Gasteiger partial charge in [0.2, 0.25) is 6.08 Å². The largest absolute Gasteiger partial charge is 0.444 e. The molecule has 1 aromatic carbocycles. The molecule has 0 aliphatic rings. The van der Waals surface area contributed by atoms with E-state index in [-0.39, 0.29) is 11.3 Å². The Bertz CT molecular complexity index is 630. The van der Waals surface area contributed by atoms with Gasteiger partial charge < -0.3 is 4.74 Å². The number of ether oxygens (including phenoxy) is 1. The number of nitrogens with one attached hydrogen (secondary N) is 1. The molecule has 1 rings (SSSR count). The number of isocyanates is 1. The van der Waals surface area contributed by atoms with E-state index in [0.29, 0.717) is 0 Å². The van der Waals surface area contributed by atoms with Gasteiger partial charge in [-0.25, -0.2) is 9.59 Å². The number of anilines is 1. The van der Waals surface area contributed by atoms with Crippen LogP contribution in [0.1, 0.15) is 44.9 Å². The summed E-state index contributed by atoms with van der Waals surface area (Å²) in [7, 11) is 0. The summed E-state index contributed by atoms with van der Waals surface area (Å²) >= 11 is 0. The highest BCUT2D eigenvalue weighted by molar-refractivity contribution is 5.86. The van der Waals surface area contributed by atoms with Gasteiger partial charge in [0.15, 0.2) is 0 Å². The van der Waals surface area contributed by atoms with E-state index in [0.717, 1.165) is 18.2 Å². The van der Waals surface area contributed by atoms with Crippen molar-refractivity contribution in [3.63, 3.8) is 0 Å². The van der Waals surface area contributed by atoms with Crippen molar-refractivity contribution >= 4 is 17.9 Å². The number of halogens is 3. The van der Waals surface area contributed by atoms with E-state index < -0.39 is 29.5 Å². The van der Waals surface area contributed by atoms with Gasteiger partial charge in [-0.1, -0.05) is 6.07 Å². The highest BCUT2D eigenvalue weighted by atomic mass is 19.4. The van der Waals surface area contributed by atoms with Crippen molar-refractivity contribution < 1.29 is 27.5 Å². The van der Waals surface area contributed by atoms with Crippen molar-refractivity contribution in [1.29, 1.82) is 0 Å². The molecule has 0 spiro atoms. The number of hydrogen-bond donors (Lipinski definition) is 1. The normalized spacial score (nSPS) is 13.0. The average Bonchev–Trinajstić information content (AvgIpc) is 2.35. The van der Waals surface area contributed by atoms with E-state index in [1.165, 1.54) is 13.0 Å². The lowest BCUT2D eigenvalue weighted by atomic mass is 10.0. The van der Waals surface area contributed by atoms with Gasteiger partial charge >= 0.3 is 12.3 Å². The van der Waals surface area contributed by atoms with Gasteiger partial charge in [0.1, 0.15) is 5.60 Å². The number of nitrogens with zero attached hydrogens (tertiary/aromatic N) is 1. The van der Waals surface area contributed by atoms with Crippen molar-refractivity contribution in [2.75, 3.05) is 5.32 Å². The molecule has 23 heavy (non-hydrogen) atoms. The highest BCUT2D eigenvalue weighted by Gasteiger charge is 2.32. The van der Waals surface area contributed by atoms with Gasteiger partial charge in [0, 0.05) is 11.3 Å². The first kappa shape index (κ1) is 18.7. The maximum absolute atomic E-state index is 12.8. The molecule has 0 saturated carbocycles. The Balaban J connectivity index is 3.23. The van der Waals surface area contributed by atoms with Gasteiger partial charge in [-0.05, 0) is 39.8 Å². The standard InChI is InChI=1S/C15H17F3N2O3/c1-9(19-8-21)11-6-5-10(15(16,17)18)7-12(11)20-13(22)23-14(2,3)4/h5-7,9H,1-4H3,(H,20,22). The molecule has 0 saturated heterocycles. The lowest BCUT2D eigenvalue weighted by Crippen LogP contribution is -2.27. The summed E-state index contributed by atoms with van der Waals surface area (Å²) in [4.78, 5) is 25.6. The third-order valence-corrected chi connectivity index (χ3v) is 2.71. The number of benzene rings is 1. The minimum absolute atomic E-state index is 0.124. The highest BCUT2D eigenvalue weighted by Crippen LogP contribution is 2.34. The molecule has 5 nitrogen and oxygen atoms in total. The van der Waals surface area contributed by atoms with E-state index in [2.05, 4.69) is 10.3 Å². The first-order valence-electron chi connectivity index (χ1n) is 6.72. The Morgan fingerprint density at radius 3 is 2.39 bits per heavy atom. The Morgan fingerprint density at radius 1 is 1.30 bits per heavy atom. The van der Waals surface area contributed by atoms with Gasteiger partial charge in [0.05, 0.1) is 11.6 Å². The Morgan fingerprint density at radius 2 is 1.91 bits per heavy atom. The monoisotopic (exact) mass is 330 g/mol. The number of carbonyl (C=O) groups excluding carboxylic acids is 2. The van der Waals surface area contributed by atoms with Crippen molar-refractivity contribution in [3.8, 4) is 0 Å². The summed E-state index contributed by atoms with van der Waals surface area (Å²) < 4.78 is 43.5. The second-order valence-electron chi connectivity index (χ2n) is 5.82. The van der Waals surface area contributed by atoms with E-state index in [1.807, 2.05) is 0 Å². The van der Waals surface area contributed by atoms with Crippen LogP contribution in [-0.4, -0.2) is 17.8 Å². The molecule has 1 unspecified atom stereocenters. The molecule has 1 N–H and O–H groups in total. The summed E-state index contributed by atoms with van der Waals surface area (Å²) in [6, 6.07) is 2.02. The fourth-order valence-corrected chi connectivity index (χ4v) is 1.77. The van der Waals surface area contributed by atoms with Crippen LogP contribution >= 0.6 is 0 Å². The van der Waals surface area contributed by atoms with Gasteiger partial charge in [-0.2, -0.15) is 18.2 Å². The predicted molar refractivity (Wildman–Crippen MR) is 77.8 cm³/mol. The average molecular weight is 330 g/mol. The number of amides is 1. The first-order valence-corrected chi connectivity index (χ1v) is 6.72. The van der Waals surface area contributed by atoms with Crippen LogP contribution in [0.25, 0.3) is 0 Å². The molecule has 1 aromatic rings. The minimum atomic E-state index is -4.57. The zero-order chi connectivity index (χ0) is 17.8. The molecule has 1 atom stereocenters. The fraction of sp³-hybridized carbons (Fsp3) is 0.467. The van der Waals surface area contributed by atoms with E-state index in [4.69, 9.17) is 4.74 Å². The van der Waals surface area contributed by atoms with Crippen LogP contribution in [0.4, 0.5) is 23.7 Å². The van der Waals surface area contributed by atoms with Crippen LogP contribution in [0.2, 0.25) is 0 Å². The number of hydrogen-bond acceptors (Lipinski definition) is 4. The van der Waals surface area contributed by atoms with Crippen LogP contribution in [0, 0.1) is 0 Å². The van der Waals surface area contributed by atoms with E-state index in [9.17, 15) is 22.8 Å². The van der Waals surface area contributed by atoms with Crippen LogP contribution in [0.3, 0.4) is 0 Å². The molecule has 126 valence electrons. The zero-order valence-corrected chi connectivity index (χ0v) is 13.1. The Hall–Kier alpha value is -2.34. The third kappa shape index (κ3) is 5.75. The van der Waals surface area contributed by atoms with Crippen molar-refractivity contribution in [3.05, 3.63) is 29.3 Å². The summed E-state index contributed by atoms with van der Waals surface area (Å²) in [5.74, 6) is 0. The van der Waals surface area contributed by atoms with Crippen LogP contribution in [0.15, 0.2) is 23.2 Å². The summed E-state index contributed by atoms with van der Waals surface area (Å²) in [5, 5.41) is 2.27. The smallest absolute Gasteiger partial charge is 0.416 e. The number of rotatable bonds is 3. The Labute approximate surface area is 131 Å². The second kappa shape index (κ2) is 6.83. The second-order valence-corrected chi connectivity index (χ2v) is 5.82. The summed E-state index contributed by atoms with van der Waals surface area (Å²) in [5.41, 5.74) is -1.62. The van der Waals surface area contributed by atoms with Crippen molar-refractivity contribution in [2.24, 2.45) is 4.99 Å². The topological polar surface area (TPSA) is 67.8 Å². The fourth-order valence-electron chi connectivity index (χ4n) is 1.77. The molecule has 8 heteroatoms. The molecular formula is C15H17F3N2O3. The zero-order valence-electron chi connectivity index (χ0n) is 13.1. The quantitative estimate of drug-likeness (QED) is 0.657. The molecule has 1 amide bonds. The van der Waals surface area contributed by atoms with E-state index in [1.54, 1.807) is 20.8 Å². The predicted octanol–water partition coefficient (Wildman–Crippen LogP) is 4.45. The lowest BCUT2D eigenvalue weighted by molar-refractivity contribution is -0.137. The molecule has 0 aliphatic heterocycles. The van der Waals surface area contributed by atoms with E-state index >= 15 is 0 Å². The molecule has 0 fully saturated rings. The van der Waals surface area contributed by atoms with Gasteiger partial charge in [-0.3, -0.25) is 5.32 Å². The van der Waals surface area contributed by atoms with Crippen LogP contribution in [-0.2, 0) is 15.7 Å². The molecule has 0 aliphatic carbocycles. The number of alkyl halides is 3. The summed E-state index contributed by atoms with van der Waals surface area (Å²) in [6.07, 6.45) is -4.13. The minimum Gasteiger partial charge on any atom is -0.444 e.